The number of nitrogens with zero attached hydrogens (tertiary/aromatic N) is 2. The first kappa shape index (κ1) is 14.1. The normalized spacial score (nSPS) is 14.2. The van der Waals surface area contributed by atoms with Gasteiger partial charge in [0.2, 0.25) is 0 Å². The van der Waals surface area contributed by atoms with Crippen molar-refractivity contribution in [2.45, 2.75) is 12.8 Å². The molecule has 2 aromatic rings. The summed E-state index contributed by atoms with van der Waals surface area (Å²) >= 11 is 3.27. The molecule has 0 saturated carbocycles. The molecule has 1 saturated heterocycles. The second kappa shape index (κ2) is 6.26. The third kappa shape index (κ3) is 3.42. The fourth-order valence-electron chi connectivity index (χ4n) is 2.49. The van der Waals surface area contributed by atoms with Crippen molar-refractivity contribution >= 4 is 33.2 Å². The minimum atomic E-state index is -0.199. The summed E-state index contributed by atoms with van der Waals surface area (Å²) in [4.78, 5) is 18.7. The molecule has 1 aliphatic heterocycles. The van der Waals surface area contributed by atoms with Crippen molar-refractivity contribution < 1.29 is 4.79 Å². The van der Waals surface area contributed by atoms with Crippen molar-refractivity contribution in [2.75, 3.05) is 23.3 Å². The summed E-state index contributed by atoms with van der Waals surface area (Å²) in [6, 6.07) is 13.3. The van der Waals surface area contributed by atoms with Crippen LogP contribution in [0, 0.1) is 0 Å². The summed E-state index contributed by atoms with van der Waals surface area (Å²) in [5.41, 5.74) is 2.36. The molecular weight excluding hydrogens is 330 g/mol. The van der Waals surface area contributed by atoms with Crippen LogP contribution in [0.4, 0.5) is 11.4 Å². The standard InChI is InChI=1S/C16H16BrN3O/c17-15-8-4-7-14(19-15)16(21)18-12-5-3-6-13(11-12)20-9-1-2-10-20/h3-8,11H,1-2,9-10H2,(H,18,21). The highest BCUT2D eigenvalue weighted by Gasteiger charge is 2.13. The van der Waals surface area contributed by atoms with Gasteiger partial charge in [0.05, 0.1) is 0 Å². The van der Waals surface area contributed by atoms with E-state index in [1.165, 1.54) is 12.8 Å². The van der Waals surface area contributed by atoms with Gasteiger partial charge >= 0.3 is 0 Å². The summed E-state index contributed by atoms with van der Waals surface area (Å²) in [5.74, 6) is -0.199. The SMILES string of the molecule is O=C(Nc1cccc(N2CCCC2)c1)c1cccc(Br)n1. The molecule has 1 aromatic carbocycles. The molecule has 3 rings (SSSR count). The van der Waals surface area contributed by atoms with Gasteiger partial charge in [0, 0.05) is 24.5 Å². The first-order chi connectivity index (χ1) is 10.2. The Morgan fingerprint density at radius 2 is 1.90 bits per heavy atom. The molecule has 21 heavy (non-hydrogen) atoms. The summed E-state index contributed by atoms with van der Waals surface area (Å²) in [5, 5.41) is 2.90. The van der Waals surface area contributed by atoms with E-state index in [-0.39, 0.29) is 5.91 Å². The van der Waals surface area contributed by atoms with Crippen molar-refractivity contribution in [3.63, 3.8) is 0 Å². The summed E-state index contributed by atoms with van der Waals surface area (Å²) < 4.78 is 0.654. The fraction of sp³-hybridized carbons (Fsp3) is 0.250. The van der Waals surface area contributed by atoms with Gasteiger partial charge in [-0.25, -0.2) is 4.98 Å². The number of aromatic nitrogens is 1. The minimum absolute atomic E-state index is 0.199. The molecule has 4 nitrogen and oxygen atoms in total. The molecule has 108 valence electrons. The molecule has 1 aliphatic rings. The van der Waals surface area contributed by atoms with Crippen LogP contribution in [0.25, 0.3) is 0 Å². The second-order valence-electron chi connectivity index (χ2n) is 5.04. The molecule has 0 unspecified atom stereocenters. The molecule has 0 radical (unpaired) electrons. The third-order valence-corrected chi connectivity index (χ3v) is 3.96. The predicted molar refractivity (Wildman–Crippen MR) is 87.8 cm³/mol. The minimum Gasteiger partial charge on any atom is -0.371 e. The van der Waals surface area contributed by atoms with Crippen molar-refractivity contribution in [2.24, 2.45) is 0 Å². The molecule has 0 spiro atoms. The molecule has 2 heterocycles. The smallest absolute Gasteiger partial charge is 0.274 e. The molecular formula is C16H16BrN3O. The maximum atomic E-state index is 12.2. The summed E-state index contributed by atoms with van der Waals surface area (Å²) in [7, 11) is 0. The largest absolute Gasteiger partial charge is 0.371 e. The fourth-order valence-corrected chi connectivity index (χ4v) is 2.83. The van der Waals surface area contributed by atoms with Crippen LogP contribution in [0.5, 0.6) is 0 Å². The number of amides is 1. The molecule has 0 atom stereocenters. The van der Waals surface area contributed by atoms with Gasteiger partial charge in [0.25, 0.3) is 5.91 Å². The average molecular weight is 346 g/mol. The number of pyridine rings is 1. The number of hydrogen-bond acceptors (Lipinski definition) is 3. The van der Waals surface area contributed by atoms with E-state index < -0.39 is 0 Å². The van der Waals surface area contributed by atoms with E-state index in [1.54, 1.807) is 18.2 Å². The Balaban J connectivity index is 1.75. The lowest BCUT2D eigenvalue weighted by Crippen LogP contribution is -2.18. The number of benzene rings is 1. The van der Waals surface area contributed by atoms with Crippen LogP contribution in [0.3, 0.4) is 0 Å². The molecule has 1 aromatic heterocycles. The lowest BCUT2D eigenvalue weighted by atomic mass is 10.2. The molecule has 0 bridgehead atoms. The molecule has 1 fully saturated rings. The Bertz CT molecular complexity index is 653. The van der Waals surface area contributed by atoms with Crippen LogP contribution >= 0.6 is 15.9 Å². The van der Waals surface area contributed by atoms with E-state index in [0.717, 1.165) is 24.5 Å². The summed E-state index contributed by atoms with van der Waals surface area (Å²) in [6.45, 7) is 2.18. The maximum absolute atomic E-state index is 12.2. The van der Waals surface area contributed by atoms with E-state index in [9.17, 15) is 4.79 Å². The highest BCUT2D eigenvalue weighted by atomic mass is 79.9. The van der Waals surface area contributed by atoms with Gasteiger partial charge in [-0.05, 0) is 59.1 Å². The van der Waals surface area contributed by atoms with E-state index in [4.69, 9.17) is 0 Å². The topological polar surface area (TPSA) is 45.2 Å². The van der Waals surface area contributed by atoms with Crippen LogP contribution in [-0.2, 0) is 0 Å². The molecule has 1 amide bonds. The third-order valence-electron chi connectivity index (χ3n) is 3.52. The van der Waals surface area contributed by atoms with Crippen LogP contribution in [0.15, 0.2) is 47.1 Å². The quantitative estimate of drug-likeness (QED) is 0.862. The van der Waals surface area contributed by atoms with Crippen molar-refractivity contribution in [1.82, 2.24) is 4.98 Å². The highest BCUT2D eigenvalue weighted by Crippen LogP contribution is 2.23. The molecule has 0 aliphatic carbocycles. The number of carbonyl (C=O) groups excluding carboxylic acids is 1. The Kier molecular flexibility index (Phi) is 4.20. The van der Waals surface area contributed by atoms with Gasteiger partial charge in [-0.15, -0.1) is 0 Å². The first-order valence-corrected chi connectivity index (χ1v) is 7.80. The number of hydrogen-bond donors (Lipinski definition) is 1. The van der Waals surface area contributed by atoms with Crippen LogP contribution in [-0.4, -0.2) is 24.0 Å². The zero-order valence-corrected chi connectivity index (χ0v) is 13.1. The molecule has 1 N–H and O–H groups in total. The Labute approximate surface area is 132 Å². The van der Waals surface area contributed by atoms with Gasteiger partial charge < -0.3 is 10.2 Å². The zero-order valence-electron chi connectivity index (χ0n) is 11.6. The van der Waals surface area contributed by atoms with E-state index in [0.29, 0.717) is 10.3 Å². The van der Waals surface area contributed by atoms with Gasteiger partial charge in [-0.3, -0.25) is 4.79 Å². The lowest BCUT2D eigenvalue weighted by molar-refractivity contribution is 0.102. The van der Waals surface area contributed by atoms with Gasteiger partial charge in [-0.1, -0.05) is 12.1 Å². The zero-order chi connectivity index (χ0) is 14.7. The Morgan fingerprint density at radius 3 is 2.67 bits per heavy atom. The van der Waals surface area contributed by atoms with Crippen molar-refractivity contribution in [3.05, 3.63) is 52.8 Å². The predicted octanol–water partition coefficient (Wildman–Crippen LogP) is 3.70. The Hall–Kier alpha value is -1.88. The number of anilines is 2. The number of nitrogens with one attached hydrogen (secondary N) is 1. The Morgan fingerprint density at radius 1 is 1.14 bits per heavy atom. The monoisotopic (exact) mass is 345 g/mol. The number of carbonyl (C=O) groups is 1. The first-order valence-electron chi connectivity index (χ1n) is 7.01. The van der Waals surface area contributed by atoms with Crippen LogP contribution < -0.4 is 10.2 Å². The van der Waals surface area contributed by atoms with E-state index >= 15 is 0 Å². The summed E-state index contributed by atoms with van der Waals surface area (Å²) in [6.07, 6.45) is 2.47. The number of halogens is 1. The average Bonchev–Trinajstić information content (AvgIpc) is 3.02. The highest BCUT2D eigenvalue weighted by molar-refractivity contribution is 9.10. The lowest BCUT2D eigenvalue weighted by Gasteiger charge is -2.18. The van der Waals surface area contributed by atoms with E-state index in [2.05, 4.69) is 37.2 Å². The van der Waals surface area contributed by atoms with Gasteiger partial charge in [0.1, 0.15) is 10.3 Å². The van der Waals surface area contributed by atoms with Gasteiger partial charge in [0.15, 0.2) is 0 Å². The van der Waals surface area contributed by atoms with Crippen molar-refractivity contribution in [1.29, 1.82) is 0 Å². The molecule has 5 heteroatoms. The van der Waals surface area contributed by atoms with Crippen LogP contribution in [0.2, 0.25) is 0 Å². The maximum Gasteiger partial charge on any atom is 0.274 e. The second-order valence-corrected chi connectivity index (χ2v) is 5.86. The van der Waals surface area contributed by atoms with Gasteiger partial charge in [-0.2, -0.15) is 0 Å². The van der Waals surface area contributed by atoms with Crippen molar-refractivity contribution in [3.8, 4) is 0 Å². The van der Waals surface area contributed by atoms with E-state index in [1.807, 2.05) is 18.2 Å². The number of rotatable bonds is 3. The van der Waals surface area contributed by atoms with Crippen LogP contribution in [0.1, 0.15) is 23.3 Å².